The van der Waals surface area contributed by atoms with Crippen LogP contribution in [0.15, 0.2) is 30.3 Å². The molecular formula is C21H29N3O3S. The third-order valence-corrected chi connectivity index (χ3v) is 7.52. The normalized spacial score (nSPS) is 25.2. The highest BCUT2D eigenvalue weighted by Crippen LogP contribution is 2.39. The Morgan fingerprint density at radius 1 is 1.18 bits per heavy atom. The van der Waals surface area contributed by atoms with E-state index in [0.29, 0.717) is 25.7 Å². The minimum Gasteiger partial charge on any atom is -0.383 e. The predicted octanol–water partition coefficient (Wildman–Crippen LogP) is 2.44. The number of likely N-dealkylation sites (tertiary alicyclic amines) is 1. The van der Waals surface area contributed by atoms with Crippen LogP contribution in [0.4, 0.5) is 4.79 Å². The maximum Gasteiger partial charge on any atom is 0.328 e. The standard InChI is InChI=1S/C21H29N3O3S/c1-27-13-12-23-19(25)21(8-10-22(11-9-21)18-7-14-28-16-18)24(20(23)26)15-17-5-3-2-4-6-17/h2-6,18H,7-16H2,1H3. The van der Waals surface area contributed by atoms with Crippen LogP contribution in [0.2, 0.25) is 0 Å². The third-order valence-electron chi connectivity index (χ3n) is 6.37. The molecule has 3 fully saturated rings. The van der Waals surface area contributed by atoms with Gasteiger partial charge in [0.05, 0.1) is 13.2 Å². The Balaban J connectivity index is 1.56. The molecule has 152 valence electrons. The van der Waals surface area contributed by atoms with Crippen molar-refractivity contribution in [1.29, 1.82) is 0 Å². The van der Waals surface area contributed by atoms with Gasteiger partial charge in [-0.25, -0.2) is 4.79 Å². The number of benzene rings is 1. The van der Waals surface area contributed by atoms with Gasteiger partial charge in [0, 0.05) is 38.5 Å². The van der Waals surface area contributed by atoms with Gasteiger partial charge in [0.1, 0.15) is 5.54 Å². The number of hydrogen-bond acceptors (Lipinski definition) is 5. The number of hydrogen-bond donors (Lipinski definition) is 0. The lowest BCUT2D eigenvalue weighted by atomic mass is 9.85. The highest BCUT2D eigenvalue weighted by Gasteiger charge is 2.58. The first-order valence-electron chi connectivity index (χ1n) is 10.1. The van der Waals surface area contributed by atoms with E-state index in [1.165, 1.54) is 22.8 Å². The van der Waals surface area contributed by atoms with Crippen LogP contribution in [-0.4, -0.2) is 83.1 Å². The van der Waals surface area contributed by atoms with E-state index >= 15 is 0 Å². The Morgan fingerprint density at radius 3 is 2.57 bits per heavy atom. The number of ether oxygens (including phenoxy) is 1. The molecule has 3 aliphatic heterocycles. The molecule has 0 bridgehead atoms. The highest BCUT2D eigenvalue weighted by molar-refractivity contribution is 7.99. The summed E-state index contributed by atoms with van der Waals surface area (Å²) in [5.74, 6) is 2.38. The van der Waals surface area contributed by atoms with Crippen molar-refractivity contribution < 1.29 is 14.3 Å². The average molecular weight is 404 g/mol. The van der Waals surface area contributed by atoms with Gasteiger partial charge >= 0.3 is 6.03 Å². The van der Waals surface area contributed by atoms with Crippen LogP contribution in [0.3, 0.4) is 0 Å². The van der Waals surface area contributed by atoms with Gasteiger partial charge in [0.15, 0.2) is 0 Å². The van der Waals surface area contributed by atoms with Crippen LogP contribution < -0.4 is 0 Å². The number of nitrogens with zero attached hydrogens (tertiary/aromatic N) is 3. The lowest BCUT2D eigenvalue weighted by Gasteiger charge is -2.44. The number of carbonyl (C=O) groups is 2. The molecule has 0 N–H and O–H groups in total. The SMILES string of the molecule is COCCN1C(=O)N(Cc2ccccc2)C2(CCN(C3CCSC3)CC2)C1=O. The minimum absolute atomic E-state index is 0.0362. The van der Waals surface area contributed by atoms with Gasteiger partial charge in [-0.2, -0.15) is 11.8 Å². The van der Waals surface area contributed by atoms with E-state index in [2.05, 4.69) is 4.90 Å². The number of urea groups is 1. The second kappa shape index (κ2) is 8.43. The van der Waals surface area contributed by atoms with Gasteiger partial charge in [-0.05, 0) is 30.6 Å². The molecule has 7 heteroatoms. The Labute approximate surface area is 171 Å². The molecule has 1 aromatic carbocycles. The summed E-state index contributed by atoms with van der Waals surface area (Å²) in [4.78, 5) is 32.4. The summed E-state index contributed by atoms with van der Waals surface area (Å²) in [6, 6.07) is 10.4. The van der Waals surface area contributed by atoms with Gasteiger partial charge in [0.2, 0.25) is 0 Å². The van der Waals surface area contributed by atoms with Crippen LogP contribution in [0, 0.1) is 0 Å². The van der Waals surface area contributed by atoms with E-state index in [0.717, 1.165) is 31.5 Å². The van der Waals surface area contributed by atoms with Crippen molar-refractivity contribution in [2.24, 2.45) is 0 Å². The quantitative estimate of drug-likeness (QED) is 0.683. The lowest BCUT2D eigenvalue weighted by molar-refractivity contribution is -0.136. The number of piperidine rings is 1. The van der Waals surface area contributed by atoms with Crippen molar-refractivity contribution in [3.63, 3.8) is 0 Å². The molecule has 6 nitrogen and oxygen atoms in total. The van der Waals surface area contributed by atoms with Gasteiger partial charge in [-0.15, -0.1) is 0 Å². The fourth-order valence-electron chi connectivity index (χ4n) is 4.70. The summed E-state index contributed by atoms with van der Waals surface area (Å²) in [6.07, 6.45) is 2.67. The summed E-state index contributed by atoms with van der Waals surface area (Å²) in [6.45, 7) is 2.94. The first kappa shape index (κ1) is 19.7. The van der Waals surface area contributed by atoms with Gasteiger partial charge in [0.25, 0.3) is 5.91 Å². The molecule has 3 saturated heterocycles. The number of imide groups is 1. The molecule has 1 spiro atoms. The predicted molar refractivity (Wildman–Crippen MR) is 110 cm³/mol. The van der Waals surface area contributed by atoms with Crippen molar-refractivity contribution in [3.05, 3.63) is 35.9 Å². The number of amides is 3. The molecule has 0 aromatic heterocycles. The van der Waals surface area contributed by atoms with Crippen LogP contribution in [-0.2, 0) is 16.1 Å². The maximum absolute atomic E-state index is 13.4. The van der Waals surface area contributed by atoms with E-state index in [1.807, 2.05) is 47.0 Å². The molecule has 3 amide bonds. The second-order valence-corrected chi connectivity index (χ2v) is 9.04. The zero-order valence-electron chi connectivity index (χ0n) is 16.5. The number of methoxy groups -OCH3 is 1. The summed E-state index contributed by atoms with van der Waals surface area (Å²) in [7, 11) is 1.60. The lowest BCUT2D eigenvalue weighted by Crippen LogP contribution is -2.57. The fraction of sp³-hybridized carbons (Fsp3) is 0.619. The molecule has 1 aromatic rings. The molecule has 28 heavy (non-hydrogen) atoms. The van der Waals surface area contributed by atoms with Crippen LogP contribution in [0.5, 0.6) is 0 Å². The number of rotatable bonds is 6. The van der Waals surface area contributed by atoms with E-state index in [1.54, 1.807) is 7.11 Å². The largest absolute Gasteiger partial charge is 0.383 e. The zero-order chi connectivity index (χ0) is 19.6. The van der Waals surface area contributed by atoms with Gasteiger partial charge in [-0.1, -0.05) is 30.3 Å². The Bertz CT molecular complexity index is 700. The monoisotopic (exact) mass is 403 g/mol. The molecule has 0 saturated carbocycles. The molecule has 0 radical (unpaired) electrons. The fourth-order valence-corrected chi connectivity index (χ4v) is 5.95. The molecule has 0 aliphatic carbocycles. The van der Waals surface area contributed by atoms with E-state index in [4.69, 9.17) is 4.74 Å². The highest BCUT2D eigenvalue weighted by atomic mass is 32.2. The van der Waals surface area contributed by atoms with Gasteiger partial charge < -0.3 is 9.64 Å². The molecular weight excluding hydrogens is 374 g/mol. The summed E-state index contributed by atoms with van der Waals surface area (Å²) in [5, 5.41) is 0. The van der Waals surface area contributed by atoms with E-state index in [-0.39, 0.29) is 11.9 Å². The summed E-state index contributed by atoms with van der Waals surface area (Å²) >= 11 is 2.02. The second-order valence-electron chi connectivity index (χ2n) is 7.89. The first-order valence-corrected chi connectivity index (χ1v) is 11.3. The average Bonchev–Trinajstić information content (AvgIpc) is 3.32. The van der Waals surface area contributed by atoms with Crippen molar-refractivity contribution in [3.8, 4) is 0 Å². The zero-order valence-corrected chi connectivity index (χ0v) is 17.3. The molecule has 3 heterocycles. The molecule has 1 atom stereocenters. The van der Waals surface area contributed by atoms with E-state index < -0.39 is 5.54 Å². The van der Waals surface area contributed by atoms with Gasteiger partial charge in [-0.3, -0.25) is 14.6 Å². The third kappa shape index (κ3) is 3.55. The van der Waals surface area contributed by atoms with Crippen molar-refractivity contribution >= 4 is 23.7 Å². The summed E-state index contributed by atoms with van der Waals surface area (Å²) < 4.78 is 5.14. The topological polar surface area (TPSA) is 53.1 Å². The summed E-state index contributed by atoms with van der Waals surface area (Å²) in [5.41, 5.74) is 0.356. The number of carbonyl (C=O) groups excluding carboxylic acids is 2. The van der Waals surface area contributed by atoms with Crippen LogP contribution in [0.25, 0.3) is 0 Å². The molecule has 1 unspecified atom stereocenters. The Morgan fingerprint density at radius 2 is 1.93 bits per heavy atom. The molecule has 3 aliphatic rings. The first-order chi connectivity index (χ1) is 13.7. The molecule has 4 rings (SSSR count). The smallest absolute Gasteiger partial charge is 0.328 e. The van der Waals surface area contributed by atoms with Crippen molar-refractivity contribution in [2.75, 3.05) is 44.9 Å². The van der Waals surface area contributed by atoms with Crippen molar-refractivity contribution in [2.45, 2.75) is 37.4 Å². The Kier molecular flexibility index (Phi) is 5.94. The maximum atomic E-state index is 13.4. The van der Waals surface area contributed by atoms with E-state index in [9.17, 15) is 9.59 Å². The Hall–Kier alpha value is -1.57. The van der Waals surface area contributed by atoms with Crippen LogP contribution >= 0.6 is 11.8 Å². The van der Waals surface area contributed by atoms with Crippen LogP contribution in [0.1, 0.15) is 24.8 Å². The van der Waals surface area contributed by atoms with Crippen molar-refractivity contribution in [1.82, 2.24) is 14.7 Å². The number of thioether (sulfide) groups is 1. The minimum atomic E-state index is -0.705.